The van der Waals surface area contributed by atoms with Gasteiger partial charge in [0.1, 0.15) is 5.75 Å². The summed E-state index contributed by atoms with van der Waals surface area (Å²) < 4.78 is 37.8. The monoisotopic (exact) mass is 422 g/mol. The van der Waals surface area contributed by atoms with Gasteiger partial charge in [-0.1, -0.05) is 16.0 Å². The Bertz CT molecular complexity index is 910. The lowest BCUT2D eigenvalue weighted by Gasteiger charge is -2.53. The molecule has 7 nitrogen and oxygen atoms in total. The topological polar surface area (TPSA) is 84.0 Å². The number of nitrogens with zero attached hydrogens (tertiary/aromatic N) is 2. The minimum Gasteiger partial charge on any atom is -0.358 e. The van der Waals surface area contributed by atoms with Gasteiger partial charge in [0.05, 0.1) is 0 Å². The molecule has 1 aromatic rings. The van der Waals surface area contributed by atoms with Crippen molar-refractivity contribution < 1.29 is 26.1 Å². The summed E-state index contributed by atoms with van der Waals surface area (Å²) in [5.74, 6) is -0.0502. The number of imide groups is 1. The van der Waals surface area contributed by atoms with E-state index < -0.39 is 10.5 Å². The van der Waals surface area contributed by atoms with Crippen molar-refractivity contribution >= 4 is 22.3 Å². The second kappa shape index (κ2) is 7.53. The van der Waals surface area contributed by atoms with E-state index in [0.29, 0.717) is 17.9 Å². The Hall–Kier alpha value is -2.26. The molecule has 0 aromatic heterocycles. The standard InChI is InChI=1S/C20H23FN2O5S/c21-29(26,27)28-17-3-1-15(2-4-17)13-22-9-7-20(8-10-22)11-16(12-20)14-23-18(24)5-6-19(23)25/h1-6,16H,7-14H2. The molecule has 1 saturated heterocycles. The van der Waals surface area contributed by atoms with E-state index in [9.17, 15) is 21.9 Å². The largest absolute Gasteiger partial charge is 0.488 e. The van der Waals surface area contributed by atoms with Crippen LogP contribution in [-0.2, 0) is 26.6 Å². The molecule has 4 rings (SSSR count). The zero-order valence-corrected chi connectivity index (χ0v) is 16.7. The average molecular weight is 422 g/mol. The summed E-state index contributed by atoms with van der Waals surface area (Å²) in [5.41, 5.74) is 1.34. The number of hydrogen-bond acceptors (Lipinski definition) is 6. The molecule has 9 heteroatoms. The highest BCUT2D eigenvalue weighted by atomic mass is 32.3. The average Bonchev–Trinajstić information content (AvgIpc) is 2.94. The molecule has 1 aliphatic carbocycles. The number of hydrogen-bond donors (Lipinski definition) is 0. The Balaban J connectivity index is 1.22. The molecular weight excluding hydrogens is 399 g/mol. The van der Waals surface area contributed by atoms with Crippen molar-refractivity contribution in [3.63, 3.8) is 0 Å². The van der Waals surface area contributed by atoms with Crippen LogP contribution in [0.2, 0.25) is 0 Å². The molecule has 29 heavy (non-hydrogen) atoms. The Morgan fingerprint density at radius 2 is 1.62 bits per heavy atom. The van der Waals surface area contributed by atoms with Crippen molar-refractivity contribution in [2.24, 2.45) is 11.3 Å². The van der Waals surface area contributed by atoms with Crippen LogP contribution in [-0.4, -0.2) is 49.7 Å². The van der Waals surface area contributed by atoms with E-state index in [4.69, 9.17) is 0 Å². The van der Waals surface area contributed by atoms with Crippen molar-refractivity contribution in [2.75, 3.05) is 19.6 Å². The lowest BCUT2D eigenvalue weighted by Crippen LogP contribution is -2.50. The molecule has 2 fully saturated rings. The van der Waals surface area contributed by atoms with Crippen LogP contribution in [0.5, 0.6) is 5.75 Å². The van der Waals surface area contributed by atoms with Crippen LogP contribution in [0, 0.1) is 11.3 Å². The Kier molecular flexibility index (Phi) is 5.20. The van der Waals surface area contributed by atoms with Crippen LogP contribution >= 0.6 is 0 Å². The van der Waals surface area contributed by atoms with Crippen molar-refractivity contribution in [2.45, 2.75) is 32.2 Å². The van der Waals surface area contributed by atoms with Gasteiger partial charge in [0.2, 0.25) is 0 Å². The molecule has 2 heterocycles. The number of amides is 2. The maximum Gasteiger partial charge on any atom is 0.488 e. The molecule has 156 valence electrons. The molecule has 1 saturated carbocycles. The SMILES string of the molecule is O=C1C=CC(=O)N1CC1CC2(CCN(Cc3ccc(OS(=O)(=O)F)cc3)CC2)C1. The van der Waals surface area contributed by atoms with Gasteiger partial charge in [0.25, 0.3) is 11.8 Å². The molecule has 0 N–H and O–H groups in total. The Labute approximate surface area is 169 Å². The smallest absolute Gasteiger partial charge is 0.358 e. The summed E-state index contributed by atoms with van der Waals surface area (Å²) >= 11 is 0. The fourth-order valence-corrected chi connectivity index (χ4v) is 5.12. The van der Waals surface area contributed by atoms with E-state index in [-0.39, 0.29) is 17.6 Å². The highest BCUT2D eigenvalue weighted by molar-refractivity contribution is 7.81. The second-order valence-electron chi connectivity index (χ2n) is 8.29. The molecule has 2 aliphatic heterocycles. The van der Waals surface area contributed by atoms with E-state index in [2.05, 4.69) is 9.08 Å². The molecule has 0 radical (unpaired) electrons. The Morgan fingerprint density at radius 3 is 2.17 bits per heavy atom. The van der Waals surface area contributed by atoms with Gasteiger partial charge >= 0.3 is 10.5 Å². The third-order valence-corrected chi connectivity index (χ3v) is 6.62. The minimum absolute atomic E-state index is 0.0421. The van der Waals surface area contributed by atoms with E-state index in [1.807, 2.05) is 0 Å². The van der Waals surface area contributed by atoms with Crippen LogP contribution in [0.3, 0.4) is 0 Å². The van der Waals surface area contributed by atoms with Crippen LogP contribution in [0.15, 0.2) is 36.4 Å². The minimum atomic E-state index is -5.00. The summed E-state index contributed by atoms with van der Waals surface area (Å²) in [7, 11) is -5.00. The molecule has 0 unspecified atom stereocenters. The van der Waals surface area contributed by atoms with Crippen LogP contribution in [0.4, 0.5) is 3.89 Å². The van der Waals surface area contributed by atoms with Crippen LogP contribution in [0.25, 0.3) is 0 Å². The first-order chi connectivity index (χ1) is 13.7. The predicted octanol–water partition coefficient (Wildman–Crippen LogP) is 2.20. The zero-order chi connectivity index (χ0) is 20.6. The molecule has 1 aromatic carbocycles. The number of likely N-dealkylation sites (tertiary alicyclic amines) is 1. The second-order valence-corrected chi connectivity index (χ2v) is 9.24. The molecular formula is C20H23FN2O5S. The summed E-state index contributed by atoms with van der Waals surface area (Å²) in [6.07, 6.45) is 6.97. The lowest BCUT2D eigenvalue weighted by molar-refractivity contribution is -0.139. The summed E-state index contributed by atoms with van der Waals surface area (Å²) in [6, 6.07) is 6.37. The van der Waals surface area contributed by atoms with E-state index in [0.717, 1.165) is 50.9 Å². The normalized spacial score (nSPS) is 22.3. The summed E-state index contributed by atoms with van der Waals surface area (Å²) in [5, 5.41) is 0. The maximum atomic E-state index is 12.5. The number of carbonyl (C=O) groups excluding carboxylic acids is 2. The van der Waals surface area contributed by atoms with E-state index >= 15 is 0 Å². The fourth-order valence-electron chi connectivity index (χ4n) is 4.78. The van der Waals surface area contributed by atoms with Crippen molar-refractivity contribution in [1.82, 2.24) is 9.80 Å². The molecule has 0 bridgehead atoms. The number of benzene rings is 1. The van der Waals surface area contributed by atoms with Crippen molar-refractivity contribution in [3.05, 3.63) is 42.0 Å². The van der Waals surface area contributed by atoms with Gasteiger partial charge in [-0.15, -0.1) is 0 Å². The first-order valence-corrected chi connectivity index (χ1v) is 11.0. The molecule has 1 spiro atoms. The first kappa shape index (κ1) is 20.0. The lowest BCUT2D eigenvalue weighted by atomic mass is 9.57. The highest BCUT2D eigenvalue weighted by Gasteiger charge is 2.46. The number of carbonyl (C=O) groups is 2. The van der Waals surface area contributed by atoms with E-state index in [1.165, 1.54) is 29.2 Å². The first-order valence-electron chi connectivity index (χ1n) is 9.70. The molecule has 3 aliphatic rings. The number of halogens is 1. The summed E-state index contributed by atoms with van der Waals surface area (Å²) in [4.78, 5) is 27.1. The van der Waals surface area contributed by atoms with Gasteiger partial charge in [0, 0.05) is 25.2 Å². The number of piperidine rings is 1. The van der Waals surface area contributed by atoms with Crippen molar-refractivity contribution in [3.8, 4) is 5.75 Å². The zero-order valence-electron chi connectivity index (χ0n) is 15.9. The van der Waals surface area contributed by atoms with Gasteiger partial charge in [-0.3, -0.25) is 19.4 Å². The fraction of sp³-hybridized carbons (Fsp3) is 0.500. The van der Waals surface area contributed by atoms with Gasteiger partial charge in [0.15, 0.2) is 0 Å². The quantitative estimate of drug-likeness (QED) is 0.516. The molecule has 2 amide bonds. The van der Waals surface area contributed by atoms with Gasteiger partial charge in [-0.25, -0.2) is 0 Å². The van der Waals surface area contributed by atoms with Gasteiger partial charge in [-0.05, 0) is 67.8 Å². The van der Waals surface area contributed by atoms with Gasteiger partial charge in [-0.2, -0.15) is 8.42 Å². The molecule has 0 atom stereocenters. The van der Waals surface area contributed by atoms with Crippen LogP contribution in [0.1, 0.15) is 31.2 Å². The van der Waals surface area contributed by atoms with Crippen LogP contribution < -0.4 is 4.18 Å². The highest BCUT2D eigenvalue weighted by Crippen LogP contribution is 2.52. The van der Waals surface area contributed by atoms with E-state index in [1.54, 1.807) is 12.1 Å². The maximum absolute atomic E-state index is 12.5. The van der Waals surface area contributed by atoms with Gasteiger partial charge < -0.3 is 4.18 Å². The third-order valence-electron chi connectivity index (χ3n) is 6.23. The number of rotatable bonds is 6. The summed E-state index contributed by atoms with van der Waals surface area (Å²) in [6.45, 7) is 3.20. The predicted molar refractivity (Wildman–Crippen MR) is 103 cm³/mol. The Morgan fingerprint density at radius 1 is 1.03 bits per heavy atom. The van der Waals surface area contributed by atoms with Crippen molar-refractivity contribution in [1.29, 1.82) is 0 Å². The third kappa shape index (κ3) is 4.67.